The SMILES string of the molecule is C=C(CCCCCNC(=O)CCC1Cc2ccccc2/C=C\c2ccccc21)ON1C(=C)CCC1=C. The van der Waals surface area contributed by atoms with Gasteiger partial charge in [-0.2, -0.15) is 5.06 Å². The summed E-state index contributed by atoms with van der Waals surface area (Å²) in [4.78, 5) is 18.4. The van der Waals surface area contributed by atoms with Crippen molar-refractivity contribution in [2.45, 2.75) is 63.7 Å². The van der Waals surface area contributed by atoms with E-state index in [1.165, 1.54) is 22.3 Å². The van der Waals surface area contributed by atoms with E-state index in [0.717, 1.165) is 68.5 Å². The van der Waals surface area contributed by atoms with Crippen LogP contribution in [-0.2, 0) is 16.1 Å². The van der Waals surface area contributed by atoms with Crippen LogP contribution in [0.4, 0.5) is 0 Å². The Bertz CT molecular complexity index is 1130. The lowest BCUT2D eigenvalue weighted by Gasteiger charge is -2.22. The molecule has 0 aromatic heterocycles. The Morgan fingerprint density at radius 3 is 2.42 bits per heavy atom. The van der Waals surface area contributed by atoms with Gasteiger partial charge >= 0.3 is 0 Å². The lowest BCUT2D eigenvalue weighted by molar-refractivity contribution is -0.121. The maximum Gasteiger partial charge on any atom is 0.220 e. The first kappa shape index (κ1) is 25.6. The third kappa shape index (κ3) is 6.78. The summed E-state index contributed by atoms with van der Waals surface area (Å²) in [7, 11) is 0. The number of rotatable bonds is 11. The number of hydrogen-bond acceptors (Lipinski definition) is 3. The average molecular weight is 483 g/mol. The Morgan fingerprint density at radius 2 is 1.61 bits per heavy atom. The second-order valence-corrected chi connectivity index (χ2v) is 9.82. The van der Waals surface area contributed by atoms with E-state index in [-0.39, 0.29) is 5.91 Å². The number of nitrogens with one attached hydrogen (secondary N) is 1. The molecule has 1 heterocycles. The molecule has 2 aliphatic rings. The van der Waals surface area contributed by atoms with E-state index < -0.39 is 0 Å². The van der Waals surface area contributed by atoms with Gasteiger partial charge in [-0.15, -0.1) is 0 Å². The number of hydrogen-bond donors (Lipinski definition) is 1. The van der Waals surface area contributed by atoms with Crippen LogP contribution in [-0.4, -0.2) is 17.5 Å². The quantitative estimate of drug-likeness (QED) is 0.266. The van der Waals surface area contributed by atoms with Crippen LogP contribution >= 0.6 is 0 Å². The van der Waals surface area contributed by atoms with Crippen molar-refractivity contribution in [3.8, 4) is 0 Å². The largest absolute Gasteiger partial charge is 0.380 e. The number of carbonyl (C=O) groups excluding carboxylic acids is 1. The number of nitrogens with zero attached hydrogens (tertiary/aromatic N) is 1. The van der Waals surface area contributed by atoms with Crippen molar-refractivity contribution in [2.75, 3.05) is 6.54 Å². The number of hydroxylamine groups is 2. The number of carbonyl (C=O) groups is 1. The minimum Gasteiger partial charge on any atom is -0.380 e. The highest BCUT2D eigenvalue weighted by Gasteiger charge is 2.21. The highest BCUT2D eigenvalue weighted by molar-refractivity contribution is 5.76. The van der Waals surface area contributed by atoms with Crippen LogP contribution < -0.4 is 5.32 Å². The zero-order valence-electron chi connectivity index (χ0n) is 21.3. The molecule has 0 bridgehead atoms. The topological polar surface area (TPSA) is 41.6 Å². The first-order valence-electron chi connectivity index (χ1n) is 13.1. The minimum atomic E-state index is 0.136. The fraction of sp³-hybridized carbons (Fsp3) is 0.344. The first-order chi connectivity index (χ1) is 17.5. The van der Waals surface area contributed by atoms with Gasteiger partial charge in [-0.1, -0.05) is 86.8 Å². The Labute approximate surface area is 216 Å². The normalized spacial score (nSPS) is 17.6. The Kier molecular flexibility index (Phi) is 8.83. The number of fused-ring (bicyclic) bond motifs is 2. The molecule has 1 N–H and O–H groups in total. The summed E-state index contributed by atoms with van der Waals surface area (Å²) in [5, 5.41) is 4.83. The van der Waals surface area contributed by atoms with Crippen LogP contribution in [0.15, 0.2) is 85.4 Å². The number of unbranched alkanes of at least 4 members (excludes halogenated alkanes) is 2. The van der Waals surface area contributed by atoms with Gasteiger partial charge in [0.15, 0.2) is 0 Å². The Balaban J connectivity index is 1.18. The summed E-state index contributed by atoms with van der Waals surface area (Å²) in [6.45, 7) is 12.7. The molecular weight excluding hydrogens is 444 g/mol. The summed E-state index contributed by atoms with van der Waals surface area (Å²) in [6.07, 6.45) is 12.3. The summed E-state index contributed by atoms with van der Waals surface area (Å²) < 4.78 is 0. The first-order valence-corrected chi connectivity index (χ1v) is 13.1. The van der Waals surface area contributed by atoms with E-state index in [1.54, 1.807) is 5.06 Å². The average Bonchev–Trinajstić information content (AvgIpc) is 3.19. The van der Waals surface area contributed by atoms with Gasteiger partial charge in [0, 0.05) is 19.4 Å². The molecule has 1 unspecified atom stereocenters. The van der Waals surface area contributed by atoms with E-state index in [1.807, 2.05) is 0 Å². The molecule has 0 saturated carbocycles. The van der Waals surface area contributed by atoms with Crippen LogP contribution in [0.2, 0.25) is 0 Å². The summed E-state index contributed by atoms with van der Waals surface area (Å²) >= 11 is 0. The summed E-state index contributed by atoms with van der Waals surface area (Å²) in [5.74, 6) is 1.20. The van der Waals surface area contributed by atoms with E-state index in [4.69, 9.17) is 4.84 Å². The van der Waals surface area contributed by atoms with Crippen molar-refractivity contribution in [2.24, 2.45) is 0 Å². The molecule has 1 aliphatic carbocycles. The molecule has 4 nitrogen and oxygen atoms in total. The van der Waals surface area contributed by atoms with Crippen LogP contribution in [0.25, 0.3) is 12.2 Å². The van der Waals surface area contributed by atoms with Crippen molar-refractivity contribution in [1.29, 1.82) is 0 Å². The molecule has 1 atom stereocenters. The second-order valence-electron chi connectivity index (χ2n) is 9.82. The van der Waals surface area contributed by atoms with Crippen LogP contribution in [0.1, 0.15) is 79.5 Å². The number of amides is 1. The van der Waals surface area contributed by atoms with Gasteiger partial charge in [0.05, 0.1) is 11.4 Å². The molecule has 2 aromatic carbocycles. The molecule has 36 heavy (non-hydrogen) atoms. The zero-order valence-corrected chi connectivity index (χ0v) is 21.3. The van der Waals surface area contributed by atoms with Crippen molar-refractivity contribution in [3.05, 3.63) is 108 Å². The van der Waals surface area contributed by atoms with Crippen LogP contribution in [0.5, 0.6) is 0 Å². The van der Waals surface area contributed by atoms with Crippen molar-refractivity contribution in [1.82, 2.24) is 10.4 Å². The fourth-order valence-corrected chi connectivity index (χ4v) is 4.99. The molecule has 188 valence electrons. The van der Waals surface area contributed by atoms with Gasteiger partial charge in [-0.05, 0) is 66.7 Å². The smallest absolute Gasteiger partial charge is 0.220 e. The zero-order chi connectivity index (χ0) is 25.3. The lowest BCUT2D eigenvalue weighted by atomic mass is 9.82. The number of benzene rings is 2. The van der Waals surface area contributed by atoms with Crippen LogP contribution in [0.3, 0.4) is 0 Å². The molecule has 1 aliphatic heterocycles. The van der Waals surface area contributed by atoms with E-state index in [2.05, 4.69) is 85.7 Å². The third-order valence-electron chi connectivity index (χ3n) is 7.07. The van der Waals surface area contributed by atoms with Crippen molar-refractivity contribution in [3.63, 3.8) is 0 Å². The Morgan fingerprint density at radius 1 is 0.917 bits per heavy atom. The molecule has 1 fully saturated rings. The van der Waals surface area contributed by atoms with Crippen molar-refractivity contribution < 1.29 is 9.63 Å². The highest BCUT2D eigenvalue weighted by atomic mass is 16.7. The van der Waals surface area contributed by atoms with Gasteiger partial charge in [0.2, 0.25) is 5.91 Å². The minimum absolute atomic E-state index is 0.136. The Hall–Kier alpha value is -3.53. The molecule has 4 heteroatoms. The maximum atomic E-state index is 12.6. The van der Waals surface area contributed by atoms with Crippen LogP contribution in [0, 0.1) is 0 Å². The van der Waals surface area contributed by atoms with E-state index in [9.17, 15) is 4.79 Å². The molecular formula is C32H38N2O2. The standard InChI is InChI=1S/C32H38N2O2/c1-24-16-17-25(2)34(24)36-26(3)11-5-4-10-22-33-32(35)21-20-30-23-29-14-7-6-12-27(29)18-19-28-13-8-9-15-31(28)30/h6-9,12-15,18-19,30H,1-5,10-11,16-17,20-23H2,(H,33,35)/b19-18-. The molecule has 0 spiro atoms. The highest BCUT2D eigenvalue weighted by Crippen LogP contribution is 2.33. The number of allylic oxidation sites excluding steroid dienone is 3. The van der Waals surface area contributed by atoms with Crippen molar-refractivity contribution >= 4 is 18.1 Å². The van der Waals surface area contributed by atoms with E-state index >= 15 is 0 Å². The van der Waals surface area contributed by atoms with E-state index in [0.29, 0.717) is 18.9 Å². The van der Waals surface area contributed by atoms with Gasteiger partial charge < -0.3 is 10.2 Å². The van der Waals surface area contributed by atoms with Gasteiger partial charge in [0.25, 0.3) is 0 Å². The molecule has 1 saturated heterocycles. The second kappa shape index (κ2) is 12.4. The molecule has 1 amide bonds. The molecule has 2 aromatic rings. The van der Waals surface area contributed by atoms with Gasteiger partial charge in [0.1, 0.15) is 5.76 Å². The molecule has 4 rings (SSSR count). The van der Waals surface area contributed by atoms with Gasteiger partial charge in [-0.25, -0.2) is 0 Å². The predicted molar refractivity (Wildman–Crippen MR) is 149 cm³/mol. The fourth-order valence-electron chi connectivity index (χ4n) is 4.99. The summed E-state index contributed by atoms with van der Waals surface area (Å²) in [5.41, 5.74) is 7.07. The predicted octanol–water partition coefficient (Wildman–Crippen LogP) is 7.52. The monoisotopic (exact) mass is 482 g/mol. The molecule has 0 radical (unpaired) electrons. The third-order valence-corrected chi connectivity index (χ3v) is 7.07. The van der Waals surface area contributed by atoms with Gasteiger partial charge in [-0.3, -0.25) is 4.79 Å². The summed E-state index contributed by atoms with van der Waals surface area (Å²) in [6, 6.07) is 17.1. The lowest BCUT2D eigenvalue weighted by Crippen LogP contribution is -2.25. The maximum absolute atomic E-state index is 12.6.